The summed E-state index contributed by atoms with van der Waals surface area (Å²) in [5.41, 5.74) is 1.33. The van der Waals surface area contributed by atoms with Gasteiger partial charge in [-0.3, -0.25) is 9.69 Å². The number of likely N-dealkylation sites (tertiary alicyclic amines) is 1. The highest BCUT2D eigenvalue weighted by molar-refractivity contribution is 5.73. The van der Waals surface area contributed by atoms with Gasteiger partial charge in [-0.2, -0.15) is 0 Å². The largest absolute Gasteiger partial charge is 0.497 e. The second-order valence-electron chi connectivity index (χ2n) is 5.79. The van der Waals surface area contributed by atoms with Crippen LogP contribution >= 0.6 is 0 Å². The summed E-state index contributed by atoms with van der Waals surface area (Å²) in [7, 11) is 1.68. The number of rotatable bonds is 6. The first kappa shape index (κ1) is 15.8. The highest BCUT2D eigenvalue weighted by Gasteiger charge is 2.28. The summed E-state index contributed by atoms with van der Waals surface area (Å²) in [5.74, 6) is 0.855. The van der Waals surface area contributed by atoms with Gasteiger partial charge in [0.25, 0.3) is 0 Å². The molecule has 0 unspecified atom stereocenters. The Bertz CT molecular complexity index is 450. The molecule has 1 N–H and O–H groups in total. The number of carboxylic acids is 1. The fourth-order valence-electron chi connectivity index (χ4n) is 3.15. The minimum atomic E-state index is -0.689. The van der Waals surface area contributed by atoms with Crippen LogP contribution in [0.1, 0.15) is 31.7 Å². The van der Waals surface area contributed by atoms with E-state index < -0.39 is 5.97 Å². The summed E-state index contributed by atoms with van der Waals surface area (Å²) in [6.07, 6.45) is 3.91. The van der Waals surface area contributed by atoms with Crippen molar-refractivity contribution in [3.8, 4) is 5.75 Å². The predicted molar refractivity (Wildman–Crippen MR) is 82.7 cm³/mol. The summed E-state index contributed by atoms with van der Waals surface area (Å²) >= 11 is 0. The maximum atomic E-state index is 11.2. The zero-order valence-corrected chi connectivity index (χ0v) is 12.9. The lowest BCUT2D eigenvalue weighted by Crippen LogP contribution is -2.45. The summed E-state index contributed by atoms with van der Waals surface area (Å²) < 4.78 is 5.17. The van der Waals surface area contributed by atoms with Gasteiger partial charge in [-0.05, 0) is 62.4 Å². The van der Waals surface area contributed by atoms with E-state index in [1.807, 2.05) is 19.1 Å². The van der Waals surface area contributed by atoms with Gasteiger partial charge in [-0.15, -0.1) is 0 Å². The zero-order valence-electron chi connectivity index (χ0n) is 12.9. The zero-order chi connectivity index (χ0) is 15.2. The standard InChI is InChI=1S/C17H25NO3/c1-3-16(17(19)20)18-10-8-14(9-11-18)12-13-4-6-15(21-2)7-5-13/h4-7,14,16H,3,8-12H2,1-2H3,(H,19,20)/t16-/m0/s1. The lowest BCUT2D eigenvalue weighted by Gasteiger charge is -2.35. The average molecular weight is 291 g/mol. The van der Waals surface area contributed by atoms with Crippen LogP contribution in [0.4, 0.5) is 0 Å². The number of aliphatic carboxylic acids is 1. The Balaban J connectivity index is 1.84. The molecule has 1 saturated heterocycles. The molecular formula is C17H25NO3. The molecule has 4 nitrogen and oxygen atoms in total. The highest BCUT2D eigenvalue weighted by Crippen LogP contribution is 2.24. The molecule has 1 aliphatic rings. The molecule has 0 aliphatic carbocycles. The SMILES string of the molecule is CC[C@@H](C(=O)O)N1CCC(Cc2ccc(OC)cc2)CC1. The molecule has 4 heteroatoms. The number of methoxy groups -OCH3 is 1. The fourth-order valence-corrected chi connectivity index (χ4v) is 3.15. The second-order valence-corrected chi connectivity index (χ2v) is 5.79. The van der Waals surface area contributed by atoms with Crippen LogP contribution in [0.15, 0.2) is 24.3 Å². The molecule has 1 aliphatic heterocycles. The quantitative estimate of drug-likeness (QED) is 0.875. The molecule has 1 atom stereocenters. The predicted octanol–water partition coefficient (Wildman–Crippen LogP) is 2.81. The van der Waals surface area contributed by atoms with Crippen molar-refractivity contribution in [2.45, 2.75) is 38.6 Å². The highest BCUT2D eigenvalue weighted by atomic mass is 16.5. The lowest BCUT2D eigenvalue weighted by molar-refractivity contribution is -0.144. The Kier molecular flexibility index (Phi) is 5.62. The van der Waals surface area contributed by atoms with Crippen LogP contribution in [0.5, 0.6) is 5.75 Å². The number of carbonyl (C=O) groups is 1. The number of hydrogen-bond donors (Lipinski definition) is 1. The Morgan fingerprint density at radius 2 is 1.95 bits per heavy atom. The Labute approximate surface area is 126 Å². The van der Waals surface area contributed by atoms with E-state index in [0.717, 1.165) is 38.1 Å². The van der Waals surface area contributed by atoms with E-state index in [1.54, 1.807) is 7.11 Å². The number of hydrogen-bond acceptors (Lipinski definition) is 3. The molecule has 0 aromatic heterocycles. The summed E-state index contributed by atoms with van der Waals surface area (Å²) in [6, 6.07) is 7.94. The molecule has 0 spiro atoms. The van der Waals surface area contributed by atoms with Crippen molar-refractivity contribution >= 4 is 5.97 Å². The first-order valence-electron chi connectivity index (χ1n) is 7.73. The molecule has 1 heterocycles. The van der Waals surface area contributed by atoms with Crippen molar-refractivity contribution in [2.24, 2.45) is 5.92 Å². The molecule has 0 amide bonds. The molecule has 0 bridgehead atoms. The summed E-state index contributed by atoms with van der Waals surface area (Å²) in [5, 5.41) is 9.22. The topological polar surface area (TPSA) is 49.8 Å². The van der Waals surface area contributed by atoms with Gasteiger partial charge < -0.3 is 9.84 Å². The summed E-state index contributed by atoms with van der Waals surface area (Å²) in [6.45, 7) is 3.74. The smallest absolute Gasteiger partial charge is 0.320 e. The van der Waals surface area contributed by atoms with Gasteiger partial charge in [0.1, 0.15) is 11.8 Å². The van der Waals surface area contributed by atoms with Crippen molar-refractivity contribution in [1.82, 2.24) is 4.90 Å². The second kappa shape index (κ2) is 7.46. The van der Waals surface area contributed by atoms with Gasteiger partial charge in [-0.25, -0.2) is 0 Å². The number of nitrogens with zero attached hydrogens (tertiary/aromatic N) is 1. The molecule has 0 saturated carbocycles. The van der Waals surface area contributed by atoms with Crippen LogP contribution in [0.2, 0.25) is 0 Å². The number of carboxylic acid groups (broad SMARTS) is 1. The van der Waals surface area contributed by atoms with E-state index in [4.69, 9.17) is 4.74 Å². The van der Waals surface area contributed by atoms with E-state index in [2.05, 4.69) is 17.0 Å². The first-order chi connectivity index (χ1) is 10.1. The number of benzene rings is 1. The minimum absolute atomic E-state index is 0.313. The molecule has 21 heavy (non-hydrogen) atoms. The average Bonchev–Trinajstić information content (AvgIpc) is 2.50. The van der Waals surface area contributed by atoms with Crippen LogP contribution < -0.4 is 4.74 Å². The van der Waals surface area contributed by atoms with Gasteiger partial charge in [0.05, 0.1) is 7.11 Å². The van der Waals surface area contributed by atoms with Crippen LogP contribution in [-0.4, -0.2) is 42.2 Å². The van der Waals surface area contributed by atoms with Gasteiger partial charge in [0.15, 0.2) is 0 Å². The van der Waals surface area contributed by atoms with Crippen molar-refractivity contribution in [3.05, 3.63) is 29.8 Å². The maximum absolute atomic E-state index is 11.2. The number of piperidine rings is 1. The third-order valence-corrected chi connectivity index (χ3v) is 4.45. The van der Waals surface area contributed by atoms with Crippen LogP contribution in [-0.2, 0) is 11.2 Å². The van der Waals surface area contributed by atoms with Gasteiger partial charge in [0.2, 0.25) is 0 Å². The molecule has 1 aromatic carbocycles. The molecule has 1 aromatic rings. The van der Waals surface area contributed by atoms with Crippen molar-refractivity contribution in [1.29, 1.82) is 0 Å². The van der Waals surface area contributed by atoms with Crippen LogP contribution in [0.3, 0.4) is 0 Å². The van der Waals surface area contributed by atoms with Gasteiger partial charge >= 0.3 is 5.97 Å². The molecule has 116 valence electrons. The molecule has 1 fully saturated rings. The van der Waals surface area contributed by atoms with Crippen LogP contribution in [0.25, 0.3) is 0 Å². The Morgan fingerprint density at radius 1 is 1.33 bits per heavy atom. The third-order valence-electron chi connectivity index (χ3n) is 4.45. The lowest BCUT2D eigenvalue weighted by atomic mass is 9.89. The number of ether oxygens (including phenoxy) is 1. The van der Waals surface area contributed by atoms with Gasteiger partial charge in [-0.1, -0.05) is 19.1 Å². The molecule has 0 radical (unpaired) electrons. The van der Waals surface area contributed by atoms with E-state index in [0.29, 0.717) is 12.3 Å². The van der Waals surface area contributed by atoms with E-state index in [1.165, 1.54) is 5.56 Å². The van der Waals surface area contributed by atoms with E-state index >= 15 is 0 Å². The maximum Gasteiger partial charge on any atom is 0.320 e. The Morgan fingerprint density at radius 3 is 2.43 bits per heavy atom. The minimum Gasteiger partial charge on any atom is -0.497 e. The van der Waals surface area contributed by atoms with Crippen molar-refractivity contribution < 1.29 is 14.6 Å². The normalized spacial score (nSPS) is 18.4. The van der Waals surface area contributed by atoms with Gasteiger partial charge in [0, 0.05) is 0 Å². The monoisotopic (exact) mass is 291 g/mol. The Hall–Kier alpha value is -1.55. The van der Waals surface area contributed by atoms with E-state index in [9.17, 15) is 9.90 Å². The summed E-state index contributed by atoms with van der Waals surface area (Å²) in [4.78, 5) is 13.3. The van der Waals surface area contributed by atoms with Crippen molar-refractivity contribution in [3.63, 3.8) is 0 Å². The van der Waals surface area contributed by atoms with Crippen molar-refractivity contribution in [2.75, 3.05) is 20.2 Å². The fraction of sp³-hybridized carbons (Fsp3) is 0.588. The first-order valence-corrected chi connectivity index (χ1v) is 7.73. The molecule has 2 rings (SSSR count). The molecular weight excluding hydrogens is 266 g/mol. The van der Waals surface area contributed by atoms with Crippen LogP contribution in [0, 0.1) is 5.92 Å². The van der Waals surface area contributed by atoms with E-state index in [-0.39, 0.29) is 6.04 Å². The third kappa shape index (κ3) is 4.21.